The first-order valence-electron chi connectivity index (χ1n) is 5.48. The van der Waals surface area contributed by atoms with Crippen molar-refractivity contribution in [2.24, 2.45) is 4.99 Å². The quantitative estimate of drug-likeness (QED) is 0.430. The van der Waals surface area contributed by atoms with Gasteiger partial charge in [0.2, 0.25) is 0 Å². The van der Waals surface area contributed by atoms with Crippen LogP contribution in [0.2, 0.25) is 0 Å². The Morgan fingerprint density at radius 1 is 1.25 bits per heavy atom. The van der Waals surface area contributed by atoms with Crippen LogP contribution in [-0.4, -0.2) is 61.0 Å². The summed E-state index contributed by atoms with van der Waals surface area (Å²) in [7, 11) is 8.18. The Morgan fingerprint density at radius 2 is 1.81 bits per heavy atom. The Labute approximate surface area is 121 Å². The van der Waals surface area contributed by atoms with Gasteiger partial charge in [0, 0.05) is 32.9 Å². The molecule has 0 N–H and O–H groups in total. The SMILES string of the molecule is CN(C)C(=NCC1(C)CCCS1)N(C)C.I. The van der Waals surface area contributed by atoms with Gasteiger partial charge in [0.25, 0.3) is 0 Å². The minimum Gasteiger partial charge on any atom is -0.349 e. The molecule has 0 spiro atoms. The lowest BCUT2D eigenvalue weighted by atomic mass is 10.1. The van der Waals surface area contributed by atoms with Gasteiger partial charge in [-0.3, -0.25) is 4.99 Å². The Hall–Kier alpha value is 0.350. The molecule has 1 atom stereocenters. The molecule has 16 heavy (non-hydrogen) atoms. The average Bonchev–Trinajstić information content (AvgIpc) is 2.51. The highest BCUT2D eigenvalue weighted by molar-refractivity contribution is 14.0. The lowest BCUT2D eigenvalue weighted by molar-refractivity contribution is 0.474. The highest BCUT2D eigenvalue weighted by Gasteiger charge is 2.29. The van der Waals surface area contributed by atoms with Crippen LogP contribution in [-0.2, 0) is 0 Å². The molecule has 0 aliphatic carbocycles. The molecule has 1 aliphatic heterocycles. The molecule has 0 bridgehead atoms. The van der Waals surface area contributed by atoms with Gasteiger partial charge in [0.15, 0.2) is 5.96 Å². The maximum atomic E-state index is 4.72. The molecule has 0 aromatic carbocycles. The van der Waals surface area contributed by atoms with Crippen molar-refractivity contribution in [3.8, 4) is 0 Å². The van der Waals surface area contributed by atoms with Gasteiger partial charge < -0.3 is 9.80 Å². The van der Waals surface area contributed by atoms with Crippen LogP contribution < -0.4 is 0 Å². The molecule has 0 saturated carbocycles. The number of aliphatic imine (C=N–C) groups is 1. The molecule has 1 rings (SSSR count). The number of guanidine groups is 1. The van der Waals surface area contributed by atoms with Gasteiger partial charge in [-0.2, -0.15) is 11.8 Å². The predicted molar refractivity (Wildman–Crippen MR) is 85.2 cm³/mol. The molecule has 1 aliphatic rings. The maximum Gasteiger partial charge on any atom is 0.195 e. The number of hydrogen-bond donors (Lipinski definition) is 0. The van der Waals surface area contributed by atoms with Gasteiger partial charge in [-0.15, -0.1) is 24.0 Å². The smallest absolute Gasteiger partial charge is 0.195 e. The molecule has 0 aromatic rings. The van der Waals surface area contributed by atoms with E-state index in [0.717, 1.165) is 12.5 Å². The minimum absolute atomic E-state index is 0. The highest BCUT2D eigenvalue weighted by atomic mass is 127. The molecule has 5 heteroatoms. The third kappa shape index (κ3) is 4.69. The van der Waals surface area contributed by atoms with Crippen LogP contribution in [0.1, 0.15) is 19.8 Å². The van der Waals surface area contributed by atoms with Crippen LogP contribution in [0.5, 0.6) is 0 Å². The number of nitrogens with zero attached hydrogens (tertiary/aromatic N) is 3. The Morgan fingerprint density at radius 3 is 2.19 bits per heavy atom. The summed E-state index contributed by atoms with van der Waals surface area (Å²) >= 11 is 2.07. The second kappa shape index (κ2) is 6.93. The molecule has 3 nitrogen and oxygen atoms in total. The van der Waals surface area contributed by atoms with Crippen molar-refractivity contribution in [2.45, 2.75) is 24.5 Å². The fourth-order valence-electron chi connectivity index (χ4n) is 1.88. The topological polar surface area (TPSA) is 18.8 Å². The largest absolute Gasteiger partial charge is 0.349 e. The van der Waals surface area contributed by atoms with Crippen molar-refractivity contribution in [2.75, 3.05) is 40.5 Å². The summed E-state index contributed by atoms with van der Waals surface area (Å²) < 4.78 is 0.372. The standard InChI is InChI=1S/C11H23N3S.HI/c1-11(7-6-8-15-11)9-12-10(13(2)3)14(4)5;/h6-9H2,1-5H3;1H. The fraction of sp³-hybridized carbons (Fsp3) is 0.909. The first kappa shape index (κ1) is 16.4. The molecule has 0 radical (unpaired) electrons. The van der Waals surface area contributed by atoms with E-state index in [4.69, 9.17) is 4.99 Å². The molecule has 1 unspecified atom stereocenters. The van der Waals surface area contributed by atoms with Gasteiger partial charge in [0.1, 0.15) is 0 Å². The molecule has 1 heterocycles. The minimum atomic E-state index is 0. The Kier molecular flexibility index (Phi) is 7.09. The van der Waals surface area contributed by atoms with Crippen LogP contribution in [0.15, 0.2) is 4.99 Å². The average molecular weight is 357 g/mol. The Bertz CT molecular complexity index is 225. The van der Waals surface area contributed by atoms with Crippen LogP contribution in [0.3, 0.4) is 0 Å². The number of rotatable bonds is 2. The van der Waals surface area contributed by atoms with E-state index in [1.54, 1.807) is 0 Å². The van der Waals surface area contributed by atoms with Crippen LogP contribution in [0.25, 0.3) is 0 Å². The molecular weight excluding hydrogens is 333 g/mol. The summed E-state index contributed by atoms with van der Waals surface area (Å²) in [5.74, 6) is 2.36. The van der Waals surface area contributed by atoms with Crippen molar-refractivity contribution in [1.29, 1.82) is 0 Å². The number of hydrogen-bond acceptors (Lipinski definition) is 2. The van der Waals surface area contributed by atoms with Gasteiger partial charge in [-0.25, -0.2) is 0 Å². The van der Waals surface area contributed by atoms with E-state index in [1.807, 2.05) is 28.2 Å². The van der Waals surface area contributed by atoms with E-state index < -0.39 is 0 Å². The second-order valence-corrected chi connectivity index (χ2v) is 6.49. The molecule has 0 amide bonds. The first-order valence-corrected chi connectivity index (χ1v) is 6.46. The summed E-state index contributed by atoms with van der Waals surface area (Å²) in [4.78, 5) is 8.87. The summed E-state index contributed by atoms with van der Waals surface area (Å²) in [6.45, 7) is 3.26. The number of thioether (sulfide) groups is 1. The lowest BCUT2D eigenvalue weighted by Crippen LogP contribution is -2.36. The van der Waals surface area contributed by atoms with E-state index in [-0.39, 0.29) is 24.0 Å². The summed E-state index contributed by atoms with van der Waals surface area (Å²) in [6, 6.07) is 0. The van der Waals surface area contributed by atoms with Crippen LogP contribution in [0.4, 0.5) is 0 Å². The summed E-state index contributed by atoms with van der Waals surface area (Å²) in [5.41, 5.74) is 0. The van der Waals surface area contributed by atoms with E-state index >= 15 is 0 Å². The third-order valence-electron chi connectivity index (χ3n) is 2.66. The molecule has 96 valence electrons. The van der Waals surface area contributed by atoms with Crippen molar-refractivity contribution in [3.63, 3.8) is 0 Å². The second-order valence-electron chi connectivity index (χ2n) is 4.81. The Balaban J connectivity index is 0.00000225. The van der Waals surface area contributed by atoms with E-state index in [9.17, 15) is 0 Å². The van der Waals surface area contributed by atoms with E-state index in [1.165, 1.54) is 18.6 Å². The summed E-state index contributed by atoms with van der Waals surface area (Å²) in [5, 5.41) is 0. The van der Waals surface area contributed by atoms with Crippen molar-refractivity contribution >= 4 is 41.7 Å². The highest BCUT2D eigenvalue weighted by Crippen LogP contribution is 2.37. The normalized spacial score (nSPS) is 23.6. The molecule has 1 fully saturated rings. The zero-order chi connectivity index (χ0) is 11.5. The fourth-order valence-corrected chi connectivity index (χ4v) is 3.11. The maximum absolute atomic E-state index is 4.72. The van der Waals surface area contributed by atoms with Gasteiger partial charge >= 0.3 is 0 Å². The van der Waals surface area contributed by atoms with E-state index in [0.29, 0.717) is 4.75 Å². The first-order chi connectivity index (χ1) is 6.94. The number of halogens is 1. The monoisotopic (exact) mass is 357 g/mol. The molecule has 1 saturated heterocycles. The third-order valence-corrected chi connectivity index (χ3v) is 4.18. The van der Waals surface area contributed by atoms with E-state index in [2.05, 4.69) is 28.5 Å². The molecule has 0 aromatic heterocycles. The predicted octanol–water partition coefficient (Wildman–Crippen LogP) is 2.37. The lowest BCUT2D eigenvalue weighted by Gasteiger charge is -2.26. The van der Waals surface area contributed by atoms with Gasteiger partial charge in [0.05, 0.1) is 6.54 Å². The van der Waals surface area contributed by atoms with Gasteiger partial charge in [-0.05, 0) is 25.5 Å². The van der Waals surface area contributed by atoms with Gasteiger partial charge in [-0.1, -0.05) is 0 Å². The zero-order valence-electron chi connectivity index (χ0n) is 11.0. The van der Waals surface area contributed by atoms with Crippen molar-refractivity contribution in [3.05, 3.63) is 0 Å². The molecular formula is C11H24IN3S. The van der Waals surface area contributed by atoms with Crippen molar-refractivity contribution < 1.29 is 0 Å². The van der Waals surface area contributed by atoms with Crippen molar-refractivity contribution in [1.82, 2.24) is 9.80 Å². The van der Waals surface area contributed by atoms with Crippen LogP contribution >= 0.6 is 35.7 Å². The summed E-state index contributed by atoms with van der Waals surface area (Å²) in [6.07, 6.45) is 2.64. The van der Waals surface area contributed by atoms with Crippen LogP contribution in [0, 0.1) is 0 Å². The zero-order valence-corrected chi connectivity index (χ0v) is 14.1.